The maximum Gasteiger partial charge on any atom is 0.246 e. The SMILES string of the molecule is CN(CC(=O)Nc1c(Cl)cccc1Cl)C(=O)Cn1nnc(-c2ccccc2)n1. The van der Waals surface area contributed by atoms with Gasteiger partial charge >= 0.3 is 0 Å². The largest absolute Gasteiger partial charge is 0.335 e. The third-order valence-corrected chi connectivity index (χ3v) is 4.43. The van der Waals surface area contributed by atoms with Crippen molar-refractivity contribution >= 4 is 40.7 Å². The van der Waals surface area contributed by atoms with Crippen molar-refractivity contribution in [1.82, 2.24) is 25.1 Å². The van der Waals surface area contributed by atoms with E-state index >= 15 is 0 Å². The van der Waals surface area contributed by atoms with Crippen LogP contribution in [0.15, 0.2) is 48.5 Å². The molecule has 0 aliphatic carbocycles. The predicted octanol–water partition coefficient (Wildman–Crippen LogP) is 2.74. The molecule has 1 aromatic heterocycles. The normalized spacial score (nSPS) is 10.5. The van der Waals surface area contributed by atoms with Gasteiger partial charge in [0, 0.05) is 12.6 Å². The highest BCUT2D eigenvalue weighted by molar-refractivity contribution is 6.39. The number of hydrogen-bond donors (Lipinski definition) is 1. The van der Waals surface area contributed by atoms with Gasteiger partial charge in [-0.1, -0.05) is 59.6 Å². The van der Waals surface area contributed by atoms with E-state index in [1.54, 1.807) is 18.2 Å². The number of halogens is 2. The van der Waals surface area contributed by atoms with Crippen LogP contribution in [-0.4, -0.2) is 50.5 Å². The van der Waals surface area contributed by atoms with Crippen molar-refractivity contribution in [3.8, 4) is 11.4 Å². The molecule has 10 heteroatoms. The molecule has 2 aromatic carbocycles. The van der Waals surface area contributed by atoms with Crippen molar-refractivity contribution < 1.29 is 9.59 Å². The van der Waals surface area contributed by atoms with Crippen LogP contribution in [0.3, 0.4) is 0 Å². The zero-order valence-electron chi connectivity index (χ0n) is 14.8. The molecule has 0 bridgehead atoms. The Morgan fingerprint density at radius 1 is 1.07 bits per heavy atom. The Labute approximate surface area is 171 Å². The van der Waals surface area contributed by atoms with Gasteiger partial charge in [-0.05, 0) is 17.3 Å². The Hall–Kier alpha value is -2.97. The molecule has 1 N–H and O–H groups in total. The zero-order valence-corrected chi connectivity index (χ0v) is 16.4. The summed E-state index contributed by atoms with van der Waals surface area (Å²) in [6.45, 7) is -0.322. The quantitative estimate of drug-likeness (QED) is 0.663. The number of rotatable bonds is 6. The molecule has 8 nitrogen and oxygen atoms in total. The Morgan fingerprint density at radius 2 is 1.75 bits per heavy atom. The topological polar surface area (TPSA) is 93.0 Å². The summed E-state index contributed by atoms with van der Waals surface area (Å²) in [6, 6.07) is 14.2. The Kier molecular flexibility index (Phi) is 6.23. The summed E-state index contributed by atoms with van der Waals surface area (Å²) in [6.07, 6.45) is 0. The summed E-state index contributed by atoms with van der Waals surface area (Å²) in [7, 11) is 1.51. The van der Waals surface area contributed by atoms with E-state index in [0.717, 1.165) is 5.56 Å². The lowest BCUT2D eigenvalue weighted by atomic mass is 10.2. The molecule has 1 heterocycles. The number of likely N-dealkylation sites (N-methyl/N-ethyl adjacent to an activating group) is 1. The van der Waals surface area contributed by atoms with Gasteiger partial charge in [0.15, 0.2) is 0 Å². The van der Waals surface area contributed by atoms with Crippen molar-refractivity contribution in [2.24, 2.45) is 0 Å². The fourth-order valence-corrected chi connectivity index (χ4v) is 2.85. The number of carbonyl (C=O) groups is 2. The van der Waals surface area contributed by atoms with Crippen LogP contribution in [0.25, 0.3) is 11.4 Å². The molecular weight excluding hydrogens is 403 g/mol. The lowest BCUT2D eigenvalue weighted by molar-refractivity contribution is -0.134. The smallest absolute Gasteiger partial charge is 0.246 e. The van der Waals surface area contributed by atoms with Crippen LogP contribution >= 0.6 is 23.2 Å². The second kappa shape index (κ2) is 8.81. The number of tetrazole rings is 1. The van der Waals surface area contributed by atoms with Crippen LogP contribution < -0.4 is 5.32 Å². The van der Waals surface area contributed by atoms with Gasteiger partial charge in [0.05, 0.1) is 22.3 Å². The summed E-state index contributed by atoms with van der Waals surface area (Å²) in [5.41, 5.74) is 1.10. The van der Waals surface area contributed by atoms with Gasteiger partial charge in [0.25, 0.3) is 0 Å². The van der Waals surface area contributed by atoms with Gasteiger partial charge in [-0.15, -0.1) is 10.2 Å². The predicted molar refractivity (Wildman–Crippen MR) is 106 cm³/mol. The van der Waals surface area contributed by atoms with E-state index in [9.17, 15) is 9.59 Å². The number of aromatic nitrogens is 4. The number of hydrogen-bond acceptors (Lipinski definition) is 5. The number of nitrogens with zero attached hydrogens (tertiary/aromatic N) is 5. The molecule has 0 radical (unpaired) electrons. The van der Waals surface area contributed by atoms with Crippen LogP contribution in [0.5, 0.6) is 0 Å². The van der Waals surface area contributed by atoms with Gasteiger partial charge in [-0.25, -0.2) is 0 Å². The number of para-hydroxylation sites is 1. The molecule has 3 rings (SSSR count). The maximum atomic E-state index is 12.3. The highest BCUT2D eigenvalue weighted by atomic mass is 35.5. The minimum atomic E-state index is -0.428. The summed E-state index contributed by atoms with van der Waals surface area (Å²) >= 11 is 12.1. The molecular formula is C18H16Cl2N6O2. The van der Waals surface area contributed by atoms with E-state index in [1.807, 2.05) is 30.3 Å². The number of anilines is 1. The van der Waals surface area contributed by atoms with Crippen molar-refractivity contribution in [2.75, 3.05) is 18.9 Å². The summed E-state index contributed by atoms with van der Waals surface area (Å²) in [4.78, 5) is 27.0. The first-order valence-electron chi connectivity index (χ1n) is 8.25. The Bertz CT molecular complexity index is 973. The van der Waals surface area contributed by atoms with Crippen LogP contribution in [-0.2, 0) is 16.1 Å². The average Bonchev–Trinajstić information content (AvgIpc) is 3.14. The van der Waals surface area contributed by atoms with Gasteiger partial charge < -0.3 is 10.2 Å². The zero-order chi connectivity index (χ0) is 20.1. The van der Waals surface area contributed by atoms with E-state index in [1.165, 1.54) is 16.7 Å². The molecule has 0 atom stereocenters. The van der Waals surface area contributed by atoms with Crippen molar-refractivity contribution in [2.45, 2.75) is 6.54 Å². The highest BCUT2D eigenvalue weighted by Crippen LogP contribution is 2.29. The first-order chi connectivity index (χ1) is 13.4. The molecule has 3 aromatic rings. The highest BCUT2D eigenvalue weighted by Gasteiger charge is 2.17. The van der Waals surface area contributed by atoms with E-state index in [2.05, 4.69) is 20.7 Å². The molecule has 0 aliphatic rings. The van der Waals surface area contributed by atoms with Crippen molar-refractivity contribution in [3.63, 3.8) is 0 Å². The van der Waals surface area contributed by atoms with Crippen LogP contribution in [0.4, 0.5) is 5.69 Å². The number of benzene rings is 2. The molecule has 0 aliphatic heterocycles. The molecule has 28 heavy (non-hydrogen) atoms. The van der Waals surface area contributed by atoms with Gasteiger partial charge in [0.1, 0.15) is 6.54 Å². The minimum Gasteiger partial charge on any atom is -0.335 e. The van der Waals surface area contributed by atoms with Gasteiger partial charge in [0.2, 0.25) is 17.6 Å². The third-order valence-electron chi connectivity index (χ3n) is 3.80. The molecule has 144 valence electrons. The number of nitrogens with one attached hydrogen (secondary N) is 1. The average molecular weight is 419 g/mol. The minimum absolute atomic E-state index is 0.142. The Balaban J connectivity index is 1.57. The fraction of sp³-hybridized carbons (Fsp3) is 0.167. The second-order valence-electron chi connectivity index (χ2n) is 5.90. The van der Waals surface area contributed by atoms with E-state index in [-0.39, 0.29) is 19.0 Å². The molecule has 2 amide bonds. The lowest BCUT2D eigenvalue weighted by Crippen LogP contribution is -2.37. The first-order valence-corrected chi connectivity index (χ1v) is 9.00. The van der Waals surface area contributed by atoms with Crippen molar-refractivity contribution in [3.05, 3.63) is 58.6 Å². The molecule has 0 fully saturated rings. The second-order valence-corrected chi connectivity index (χ2v) is 6.72. The molecule has 0 unspecified atom stereocenters. The van der Waals surface area contributed by atoms with Crippen molar-refractivity contribution in [1.29, 1.82) is 0 Å². The lowest BCUT2D eigenvalue weighted by Gasteiger charge is -2.17. The molecule has 0 saturated heterocycles. The van der Waals surface area contributed by atoms with E-state index in [4.69, 9.17) is 23.2 Å². The molecule has 0 spiro atoms. The maximum absolute atomic E-state index is 12.3. The summed E-state index contributed by atoms with van der Waals surface area (Å²) in [5, 5.41) is 15.2. The van der Waals surface area contributed by atoms with Crippen LogP contribution in [0.1, 0.15) is 0 Å². The third kappa shape index (κ3) is 4.85. The monoisotopic (exact) mass is 418 g/mol. The standard InChI is InChI=1S/C18H16Cl2N6O2/c1-25(10-15(27)21-17-13(19)8-5-9-14(17)20)16(28)11-26-23-18(22-24-26)12-6-3-2-4-7-12/h2-9H,10-11H2,1H3,(H,21,27). The molecule has 0 saturated carbocycles. The van der Waals surface area contributed by atoms with E-state index in [0.29, 0.717) is 21.6 Å². The van der Waals surface area contributed by atoms with Crippen LogP contribution in [0, 0.1) is 0 Å². The van der Waals surface area contributed by atoms with Gasteiger partial charge in [-0.3, -0.25) is 9.59 Å². The summed E-state index contributed by atoms with van der Waals surface area (Å²) < 4.78 is 0. The van der Waals surface area contributed by atoms with E-state index < -0.39 is 5.91 Å². The van der Waals surface area contributed by atoms with Gasteiger partial charge in [-0.2, -0.15) is 4.80 Å². The first kappa shape index (κ1) is 19.8. The number of amides is 2. The number of carbonyl (C=O) groups excluding carboxylic acids is 2. The summed E-state index contributed by atoms with van der Waals surface area (Å²) in [5.74, 6) is -0.359. The Morgan fingerprint density at radius 3 is 2.43 bits per heavy atom. The van der Waals surface area contributed by atoms with Crippen LogP contribution in [0.2, 0.25) is 10.0 Å². The fourth-order valence-electron chi connectivity index (χ4n) is 2.35.